The van der Waals surface area contributed by atoms with Crippen molar-refractivity contribution < 1.29 is 19.7 Å². The molecular weight excluding hydrogens is 202 g/mol. The van der Waals surface area contributed by atoms with Crippen molar-refractivity contribution in [1.29, 1.82) is 0 Å². The van der Waals surface area contributed by atoms with E-state index in [0.29, 0.717) is 19.8 Å². The van der Waals surface area contributed by atoms with E-state index in [4.69, 9.17) is 14.6 Å². The lowest BCUT2D eigenvalue weighted by Crippen LogP contribution is -2.17. The number of rotatable bonds is 8. The van der Waals surface area contributed by atoms with Crippen LogP contribution in [0.2, 0.25) is 0 Å². The largest absolute Gasteiger partial charge is 0.394 e. The van der Waals surface area contributed by atoms with Gasteiger partial charge in [0.15, 0.2) is 6.23 Å². The molecule has 0 radical (unpaired) electrons. The molecule has 86 valence electrons. The molecule has 15 heavy (non-hydrogen) atoms. The first-order valence-corrected chi connectivity index (χ1v) is 4.65. The number of hydrogen-bond acceptors (Lipinski definition) is 6. The van der Waals surface area contributed by atoms with Crippen LogP contribution >= 0.6 is 0 Å². The fraction of sp³-hybridized carbons (Fsp3) is 0.750. The molecule has 0 bridgehead atoms. The lowest BCUT2D eigenvalue weighted by Gasteiger charge is -2.10. The van der Waals surface area contributed by atoms with Crippen molar-refractivity contribution in [3.8, 4) is 0 Å². The standard InChI is InChI=1S/C8H15N3O4/c12-3-4-14-5-6-15-7-8(13)11-2-1-9-10-11/h1-2,8,12-13H,3-7H2. The molecule has 2 N–H and O–H groups in total. The molecule has 0 saturated heterocycles. The molecule has 1 unspecified atom stereocenters. The summed E-state index contributed by atoms with van der Waals surface area (Å²) in [4.78, 5) is 0. The van der Waals surface area contributed by atoms with Crippen molar-refractivity contribution in [2.75, 3.05) is 33.0 Å². The minimum atomic E-state index is -0.828. The Morgan fingerprint density at radius 2 is 2.07 bits per heavy atom. The Morgan fingerprint density at radius 1 is 1.27 bits per heavy atom. The summed E-state index contributed by atoms with van der Waals surface area (Å²) in [5.41, 5.74) is 0. The van der Waals surface area contributed by atoms with Crippen molar-refractivity contribution in [1.82, 2.24) is 15.0 Å². The average molecular weight is 217 g/mol. The molecule has 1 atom stereocenters. The van der Waals surface area contributed by atoms with Crippen LogP contribution in [-0.4, -0.2) is 58.2 Å². The third-order valence-corrected chi connectivity index (χ3v) is 1.62. The van der Waals surface area contributed by atoms with E-state index >= 15 is 0 Å². The summed E-state index contributed by atoms with van der Waals surface area (Å²) in [5.74, 6) is 0. The molecule has 0 aliphatic carbocycles. The molecule has 1 rings (SSSR count). The third-order valence-electron chi connectivity index (χ3n) is 1.62. The van der Waals surface area contributed by atoms with Gasteiger partial charge >= 0.3 is 0 Å². The fourth-order valence-corrected chi connectivity index (χ4v) is 0.926. The Morgan fingerprint density at radius 3 is 2.73 bits per heavy atom. The summed E-state index contributed by atoms with van der Waals surface area (Å²) >= 11 is 0. The first kappa shape index (κ1) is 12.1. The molecule has 7 nitrogen and oxygen atoms in total. The van der Waals surface area contributed by atoms with Gasteiger partial charge in [-0.05, 0) is 0 Å². The Hall–Kier alpha value is -1.02. The van der Waals surface area contributed by atoms with Crippen LogP contribution in [0.1, 0.15) is 6.23 Å². The van der Waals surface area contributed by atoms with Crippen LogP contribution in [0.4, 0.5) is 0 Å². The number of hydrogen-bond donors (Lipinski definition) is 2. The average Bonchev–Trinajstić information content (AvgIpc) is 2.76. The highest BCUT2D eigenvalue weighted by atomic mass is 16.5. The summed E-state index contributed by atoms with van der Waals surface area (Å²) in [5, 5.41) is 25.1. The molecule has 1 aromatic rings. The maximum absolute atomic E-state index is 9.47. The van der Waals surface area contributed by atoms with Gasteiger partial charge in [0, 0.05) is 6.20 Å². The number of aliphatic hydroxyl groups excluding tert-OH is 2. The topological polar surface area (TPSA) is 89.6 Å². The van der Waals surface area contributed by atoms with Gasteiger partial charge in [-0.25, -0.2) is 4.68 Å². The van der Waals surface area contributed by atoms with E-state index in [1.54, 1.807) is 6.20 Å². The van der Waals surface area contributed by atoms with E-state index in [-0.39, 0.29) is 13.2 Å². The Balaban J connectivity index is 2.00. The van der Waals surface area contributed by atoms with E-state index in [1.165, 1.54) is 10.9 Å². The van der Waals surface area contributed by atoms with E-state index in [1.807, 2.05) is 0 Å². The van der Waals surface area contributed by atoms with E-state index in [9.17, 15) is 5.11 Å². The summed E-state index contributed by atoms with van der Waals surface area (Å²) in [7, 11) is 0. The van der Waals surface area contributed by atoms with Crippen LogP contribution in [0.15, 0.2) is 12.4 Å². The molecule has 1 aromatic heterocycles. The van der Waals surface area contributed by atoms with Gasteiger partial charge in [0.05, 0.1) is 39.2 Å². The monoisotopic (exact) mass is 217 g/mol. The molecule has 0 fully saturated rings. The third kappa shape index (κ3) is 4.84. The normalized spacial score (nSPS) is 12.9. The van der Waals surface area contributed by atoms with E-state index in [2.05, 4.69) is 10.3 Å². The molecule has 0 aliphatic heterocycles. The second-order valence-electron chi connectivity index (χ2n) is 2.77. The maximum Gasteiger partial charge on any atom is 0.172 e. The highest BCUT2D eigenvalue weighted by molar-refractivity contribution is 4.66. The van der Waals surface area contributed by atoms with Gasteiger partial charge in [-0.2, -0.15) is 0 Å². The SMILES string of the molecule is OCCOCCOCC(O)n1ccnn1. The molecule has 0 saturated carbocycles. The number of aliphatic hydroxyl groups is 2. The molecule has 0 aliphatic rings. The van der Waals surface area contributed by atoms with Crippen molar-refractivity contribution in [3.63, 3.8) is 0 Å². The van der Waals surface area contributed by atoms with Gasteiger partial charge in [0.25, 0.3) is 0 Å². The predicted molar refractivity (Wildman–Crippen MR) is 50.0 cm³/mol. The summed E-state index contributed by atoms with van der Waals surface area (Å²) < 4.78 is 11.4. The predicted octanol–water partition coefficient (Wildman–Crippen LogP) is -1.21. The van der Waals surface area contributed by atoms with Crippen LogP contribution in [0.3, 0.4) is 0 Å². The lowest BCUT2D eigenvalue weighted by molar-refractivity contribution is -0.0325. The van der Waals surface area contributed by atoms with Crippen LogP contribution in [0, 0.1) is 0 Å². The molecular formula is C8H15N3O4. The van der Waals surface area contributed by atoms with Crippen LogP contribution in [0.25, 0.3) is 0 Å². The molecule has 7 heteroatoms. The summed E-state index contributed by atoms with van der Waals surface area (Å²) in [6, 6.07) is 0. The molecule has 0 aromatic carbocycles. The van der Waals surface area contributed by atoms with Crippen molar-refractivity contribution in [3.05, 3.63) is 12.4 Å². The van der Waals surface area contributed by atoms with Crippen molar-refractivity contribution >= 4 is 0 Å². The van der Waals surface area contributed by atoms with Crippen LogP contribution in [0.5, 0.6) is 0 Å². The number of aromatic nitrogens is 3. The minimum Gasteiger partial charge on any atom is -0.394 e. The Labute approximate surface area is 87.2 Å². The fourth-order valence-electron chi connectivity index (χ4n) is 0.926. The van der Waals surface area contributed by atoms with Gasteiger partial charge in [-0.15, -0.1) is 5.10 Å². The number of nitrogens with zero attached hydrogens (tertiary/aromatic N) is 3. The molecule has 0 spiro atoms. The Kier molecular flexibility index (Phi) is 5.86. The first-order chi connectivity index (χ1) is 7.34. The van der Waals surface area contributed by atoms with Crippen LogP contribution < -0.4 is 0 Å². The van der Waals surface area contributed by atoms with Gasteiger partial charge in [0.2, 0.25) is 0 Å². The zero-order valence-corrected chi connectivity index (χ0v) is 8.32. The highest BCUT2D eigenvalue weighted by Gasteiger charge is 2.06. The smallest absolute Gasteiger partial charge is 0.172 e. The van der Waals surface area contributed by atoms with Gasteiger partial charge in [0.1, 0.15) is 0 Å². The Bertz CT molecular complexity index is 242. The second kappa shape index (κ2) is 7.30. The first-order valence-electron chi connectivity index (χ1n) is 4.65. The van der Waals surface area contributed by atoms with Gasteiger partial charge in [-0.1, -0.05) is 5.21 Å². The molecule has 1 heterocycles. The summed E-state index contributed by atoms with van der Waals surface area (Å²) in [6.07, 6.45) is 2.20. The second-order valence-corrected chi connectivity index (χ2v) is 2.77. The van der Waals surface area contributed by atoms with Gasteiger partial charge in [-0.3, -0.25) is 0 Å². The quantitative estimate of drug-likeness (QED) is 0.531. The minimum absolute atomic E-state index is 0.00157. The lowest BCUT2D eigenvalue weighted by atomic mass is 10.6. The van der Waals surface area contributed by atoms with Crippen molar-refractivity contribution in [2.45, 2.75) is 6.23 Å². The zero-order chi connectivity index (χ0) is 10.9. The van der Waals surface area contributed by atoms with E-state index in [0.717, 1.165) is 0 Å². The number of ether oxygens (including phenoxy) is 2. The molecule has 0 amide bonds. The van der Waals surface area contributed by atoms with E-state index < -0.39 is 6.23 Å². The zero-order valence-electron chi connectivity index (χ0n) is 8.32. The highest BCUT2D eigenvalue weighted by Crippen LogP contribution is 1.98. The van der Waals surface area contributed by atoms with Crippen molar-refractivity contribution in [2.24, 2.45) is 0 Å². The van der Waals surface area contributed by atoms with Gasteiger partial charge < -0.3 is 19.7 Å². The summed E-state index contributed by atoms with van der Waals surface area (Å²) in [6.45, 7) is 1.19. The maximum atomic E-state index is 9.47. The van der Waals surface area contributed by atoms with Crippen LogP contribution in [-0.2, 0) is 9.47 Å².